The van der Waals surface area contributed by atoms with Crippen LogP contribution in [-0.2, 0) is 0 Å². The summed E-state index contributed by atoms with van der Waals surface area (Å²) in [7, 11) is 0. The Labute approximate surface area is 103 Å². The molecule has 0 heterocycles. The predicted molar refractivity (Wildman–Crippen MR) is 63.5 cm³/mol. The first-order valence-corrected chi connectivity index (χ1v) is 5.16. The molecule has 0 amide bonds. The van der Waals surface area contributed by atoms with Gasteiger partial charge in [0.05, 0.1) is 17.2 Å². The average Bonchev–Trinajstić information content (AvgIpc) is 2.38. The van der Waals surface area contributed by atoms with E-state index in [1.807, 2.05) is 6.07 Å². The number of aromatic carboxylic acids is 1. The Morgan fingerprint density at radius 1 is 1.17 bits per heavy atom. The van der Waals surface area contributed by atoms with Gasteiger partial charge in [0.15, 0.2) is 0 Å². The van der Waals surface area contributed by atoms with Crippen molar-refractivity contribution < 1.29 is 14.3 Å². The zero-order chi connectivity index (χ0) is 13.1. The zero-order valence-corrected chi connectivity index (χ0v) is 9.22. The van der Waals surface area contributed by atoms with E-state index in [1.165, 1.54) is 42.5 Å². The quantitative estimate of drug-likeness (QED) is 0.878. The van der Waals surface area contributed by atoms with Crippen LogP contribution in [0.15, 0.2) is 42.5 Å². The van der Waals surface area contributed by atoms with E-state index in [4.69, 9.17) is 10.4 Å². The second-order valence-electron chi connectivity index (χ2n) is 3.66. The van der Waals surface area contributed by atoms with Crippen molar-refractivity contribution in [2.24, 2.45) is 0 Å². The Bertz CT molecular complexity index is 642. The molecule has 3 nitrogen and oxygen atoms in total. The molecule has 0 aliphatic carbocycles. The highest BCUT2D eigenvalue weighted by atomic mass is 19.1. The number of nitrogens with zero attached hydrogens (tertiary/aromatic N) is 1. The third kappa shape index (κ3) is 2.06. The number of nitriles is 1. The van der Waals surface area contributed by atoms with Gasteiger partial charge in [0, 0.05) is 5.56 Å². The van der Waals surface area contributed by atoms with Crippen molar-refractivity contribution >= 4 is 5.97 Å². The maximum Gasteiger partial charge on any atom is 0.335 e. The van der Waals surface area contributed by atoms with Crippen molar-refractivity contribution in [2.45, 2.75) is 0 Å². The van der Waals surface area contributed by atoms with E-state index >= 15 is 0 Å². The second-order valence-corrected chi connectivity index (χ2v) is 3.66. The van der Waals surface area contributed by atoms with Crippen LogP contribution < -0.4 is 0 Å². The Balaban J connectivity index is 2.56. The van der Waals surface area contributed by atoms with Gasteiger partial charge in [0.2, 0.25) is 0 Å². The van der Waals surface area contributed by atoms with Gasteiger partial charge < -0.3 is 5.11 Å². The summed E-state index contributed by atoms with van der Waals surface area (Å²) in [5.74, 6) is -1.55. The lowest BCUT2D eigenvalue weighted by Crippen LogP contribution is -1.96. The van der Waals surface area contributed by atoms with Crippen LogP contribution in [0.4, 0.5) is 4.39 Å². The molecule has 18 heavy (non-hydrogen) atoms. The molecule has 0 unspecified atom stereocenters. The van der Waals surface area contributed by atoms with Crippen LogP contribution in [0.5, 0.6) is 0 Å². The molecule has 2 aromatic carbocycles. The Hall–Kier alpha value is -2.67. The number of rotatable bonds is 2. The summed E-state index contributed by atoms with van der Waals surface area (Å²) in [4.78, 5) is 10.7. The van der Waals surface area contributed by atoms with Crippen LogP contribution in [0.2, 0.25) is 0 Å². The molecule has 0 bridgehead atoms. The molecule has 0 aliphatic rings. The van der Waals surface area contributed by atoms with E-state index in [0.717, 1.165) is 0 Å². The Morgan fingerprint density at radius 3 is 2.39 bits per heavy atom. The highest BCUT2D eigenvalue weighted by molar-refractivity contribution is 5.88. The number of carboxylic acid groups (broad SMARTS) is 1. The molecule has 2 rings (SSSR count). The first-order chi connectivity index (χ1) is 8.63. The largest absolute Gasteiger partial charge is 0.478 e. The van der Waals surface area contributed by atoms with Crippen molar-refractivity contribution in [1.82, 2.24) is 0 Å². The first-order valence-electron chi connectivity index (χ1n) is 5.16. The van der Waals surface area contributed by atoms with Gasteiger partial charge in [-0.2, -0.15) is 5.26 Å². The molecule has 0 spiro atoms. The van der Waals surface area contributed by atoms with Gasteiger partial charge in [-0.25, -0.2) is 9.18 Å². The van der Waals surface area contributed by atoms with Crippen LogP contribution >= 0.6 is 0 Å². The minimum Gasteiger partial charge on any atom is -0.478 e. The molecule has 0 radical (unpaired) electrons. The van der Waals surface area contributed by atoms with Crippen molar-refractivity contribution in [2.75, 3.05) is 0 Å². The fraction of sp³-hybridized carbons (Fsp3) is 0. The highest BCUT2D eigenvalue weighted by Gasteiger charge is 2.11. The van der Waals surface area contributed by atoms with E-state index in [1.54, 1.807) is 0 Å². The fourth-order valence-corrected chi connectivity index (χ4v) is 1.69. The molecule has 0 aliphatic heterocycles. The molecule has 2 aromatic rings. The lowest BCUT2D eigenvalue weighted by Gasteiger charge is -2.06. The van der Waals surface area contributed by atoms with Gasteiger partial charge in [-0.1, -0.05) is 18.2 Å². The maximum atomic E-state index is 13.7. The summed E-state index contributed by atoms with van der Waals surface area (Å²) in [6.45, 7) is 0. The summed E-state index contributed by atoms with van der Waals surface area (Å²) in [5, 5.41) is 17.7. The molecular formula is C14H8FNO2. The summed E-state index contributed by atoms with van der Waals surface area (Å²) in [6, 6.07) is 11.9. The maximum absolute atomic E-state index is 13.7. The standard InChI is InChI=1S/C14H8FNO2/c15-12-3-1-2-11(8-16)13(12)9-4-6-10(7-5-9)14(17)18/h1-7H,(H,17,18). The minimum atomic E-state index is -1.05. The van der Waals surface area contributed by atoms with Crippen molar-refractivity contribution in [1.29, 1.82) is 5.26 Å². The normalized spacial score (nSPS) is 9.78. The number of carboxylic acids is 1. The number of hydrogen-bond donors (Lipinski definition) is 1. The second kappa shape index (κ2) is 4.68. The molecule has 88 valence electrons. The SMILES string of the molecule is N#Cc1cccc(F)c1-c1ccc(C(=O)O)cc1. The molecule has 0 fully saturated rings. The lowest BCUT2D eigenvalue weighted by molar-refractivity contribution is 0.0697. The third-order valence-corrected chi connectivity index (χ3v) is 2.55. The average molecular weight is 241 g/mol. The molecule has 1 N–H and O–H groups in total. The lowest BCUT2D eigenvalue weighted by atomic mass is 9.99. The zero-order valence-electron chi connectivity index (χ0n) is 9.22. The van der Waals surface area contributed by atoms with Crippen LogP contribution in [0.1, 0.15) is 15.9 Å². The van der Waals surface area contributed by atoms with Gasteiger partial charge in [-0.05, 0) is 29.8 Å². The van der Waals surface area contributed by atoms with Crippen LogP contribution in [0, 0.1) is 17.1 Å². The molecule has 0 saturated carbocycles. The summed E-state index contributed by atoms with van der Waals surface area (Å²) >= 11 is 0. The topological polar surface area (TPSA) is 61.1 Å². The molecule has 0 saturated heterocycles. The number of carbonyl (C=O) groups is 1. The van der Waals surface area contributed by atoms with Crippen molar-refractivity contribution in [3.8, 4) is 17.2 Å². The summed E-state index contributed by atoms with van der Waals surface area (Å²) in [6.07, 6.45) is 0. The summed E-state index contributed by atoms with van der Waals surface area (Å²) in [5.41, 5.74) is 1.01. The van der Waals surface area contributed by atoms with Crippen molar-refractivity contribution in [3.05, 3.63) is 59.4 Å². The Morgan fingerprint density at radius 2 is 1.83 bits per heavy atom. The smallest absolute Gasteiger partial charge is 0.335 e. The van der Waals surface area contributed by atoms with Gasteiger partial charge in [0.1, 0.15) is 5.82 Å². The number of halogens is 1. The summed E-state index contributed by atoms with van der Waals surface area (Å²) < 4.78 is 13.7. The molecule has 0 atom stereocenters. The minimum absolute atomic E-state index is 0.119. The first kappa shape index (κ1) is 11.8. The van der Waals surface area contributed by atoms with Gasteiger partial charge in [-0.3, -0.25) is 0 Å². The highest BCUT2D eigenvalue weighted by Crippen LogP contribution is 2.26. The van der Waals surface area contributed by atoms with E-state index in [-0.39, 0.29) is 16.7 Å². The van der Waals surface area contributed by atoms with E-state index in [2.05, 4.69) is 0 Å². The molecule has 0 aromatic heterocycles. The van der Waals surface area contributed by atoms with Crippen molar-refractivity contribution in [3.63, 3.8) is 0 Å². The molecule has 4 heteroatoms. The fourth-order valence-electron chi connectivity index (χ4n) is 1.69. The van der Waals surface area contributed by atoms with Crippen LogP contribution in [-0.4, -0.2) is 11.1 Å². The third-order valence-electron chi connectivity index (χ3n) is 2.55. The Kier molecular flexibility index (Phi) is 3.07. The monoisotopic (exact) mass is 241 g/mol. The number of benzene rings is 2. The number of hydrogen-bond acceptors (Lipinski definition) is 2. The van der Waals surface area contributed by atoms with E-state index in [9.17, 15) is 9.18 Å². The van der Waals surface area contributed by atoms with Crippen LogP contribution in [0.3, 0.4) is 0 Å². The van der Waals surface area contributed by atoms with E-state index < -0.39 is 11.8 Å². The van der Waals surface area contributed by atoms with Crippen LogP contribution in [0.25, 0.3) is 11.1 Å². The van der Waals surface area contributed by atoms with Gasteiger partial charge >= 0.3 is 5.97 Å². The molecular weight excluding hydrogens is 233 g/mol. The van der Waals surface area contributed by atoms with E-state index in [0.29, 0.717) is 5.56 Å². The predicted octanol–water partition coefficient (Wildman–Crippen LogP) is 3.06. The van der Waals surface area contributed by atoms with Gasteiger partial charge in [0.25, 0.3) is 0 Å². The van der Waals surface area contributed by atoms with Gasteiger partial charge in [-0.15, -0.1) is 0 Å².